The Bertz CT molecular complexity index is 874. The van der Waals surface area contributed by atoms with Crippen molar-refractivity contribution in [3.05, 3.63) is 0 Å². The third-order valence-electron chi connectivity index (χ3n) is 4.47. The van der Waals surface area contributed by atoms with Crippen molar-refractivity contribution in [3.8, 4) is 0 Å². The monoisotopic (exact) mass is 563 g/mol. The highest BCUT2D eigenvalue weighted by Gasteiger charge is 2.30. The predicted molar refractivity (Wildman–Crippen MR) is 137 cm³/mol. The number of nitrogens with one attached hydrogen (secondary N) is 6. The normalized spacial score (nSPS) is 12.6. The molecule has 6 N–H and O–H groups in total. The molecule has 208 valence electrons. The van der Waals surface area contributed by atoms with Crippen LogP contribution in [0.2, 0.25) is 0 Å². The summed E-state index contributed by atoms with van der Waals surface area (Å²) in [6.45, 7) is 2.11. The fourth-order valence-electron chi connectivity index (χ4n) is 2.60. The quantitative estimate of drug-likeness (QED) is 0.0521. The van der Waals surface area contributed by atoms with Crippen LogP contribution in [-0.2, 0) is 38.4 Å². The lowest BCUT2D eigenvalue weighted by molar-refractivity contribution is -0.141. The van der Waals surface area contributed by atoms with E-state index in [1.807, 2.05) is 0 Å². The highest BCUT2D eigenvalue weighted by molar-refractivity contribution is 7.80. The van der Waals surface area contributed by atoms with Gasteiger partial charge in [0, 0.05) is 38.8 Å². The van der Waals surface area contributed by atoms with Crippen molar-refractivity contribution < 1.29 is 38.4 Å². The average Bonchev–Trinajstić information content (AvgIpc) is 2.84. The maximum Gasteiger partial charge on any atom is 0.248 e. The minimum Gasteiger partial charge on any atom is -0.354 e. The third kappa shape index (κ3) is 14.1. The van der Waals surface area contributed by atoms with Crippen LogP contribution in [0.25, 0.3) is 0 Å². The molecule has 0 aliphatic carbocycles. The lowest BCUT2D eigenvalue weighted by Gasteiger charge is -2.31. The molecule has 0 aliphatic heterocycles. The zero-order valence-corrected chi connectivity index (χ0v) is 22.4. The number of nitrogens with zero attached hydrogens (tertiary/aromatic N) is 1. The number of carbonyl (C=O) groups excluding carboxylic acids is 8. The molecule has 0 aromatic heterocycles. The van der Waals surface area contributed by atoms with Gasteiger partial charge in [0.2, 0.25) is 41.4 Å². The Balaban J connectivity index is 5.18. The molecule has 17 heteroatoms. The number of aldehydes is 1. The van der Waals surface area contributed by atoms with E-state index in [1.54, 1.807) is 0 Å². The van der Waals surface area contributed by atoms with E-state index in [0.717, 1.165) is 4.90 Å². The van der Waals surface area contributed by atoms with Crippen LogP contribution in [0, 0.1) is 0 Å². The van der Waals surface area contributed by atoms with Crippen molar-refractivity contribution in [1.29, 1.82) is 0 Å². The molecule has 0 spiro atoms. The van der Waals surface area contributed by atoms with Crippen LogP contribution in [0.4, 0.5) is 0 Å². The zero-order valence-electron chi connectivity index (χ0n) is 20.7. The third-order valence-corrected chi connectivity index (χ3v) is 5.20. The summed E-state index contributed by atoms with van der Waals surface area (Å²) in [4.78, 5) is 95.6. The van der Waals surface area contributed by atoms with Gasteiger partial charge in [-0.05, 0) is 0 Å². The van der Waals surface area contributed by atoms with Gasteiger partial charge >= 0.3 is 0 Å². The number of thiol groups is 2. The van der Waals surface area contributed by atoms with Gasteiger partial charge in [-0.25, -0.2) is 0 Å². The molecular formula is C20H33N7O8S2. The van der Waals surface area contributed by atoms with Gasteiger partial charge in [0.25, 0.3) is 0 Å². The standard InChI is InChI=1S/C20H33N7O8S2/c1-11(29)21-4-14(7-28)27(10-24-13(3)31)20(35)16(9-37)26-18(33)6-23-19(34)15(8-36)25-17(32)5-22-12(2)30/h7,14-16,36-37H,4-6,8-10H2,1-3H3,(H,21,29)(H,22,30)(H,23,34)(H,24,31)(H,25,32)(H,26,33)/t14-,15?,16+/m0/s1. The van der Waals surface area contributed by atoms with Crippen LogP contribution in [0.3, 0.4) is 0 Å². The molecule has 1 unspecified atom stereocenters. The summed E-state index contributed by atoms with van der Waals surface area (Å²) >= 11 is 8.05. The van der Waals surface area contributed by atoms with Gasteiger partial charge < -0.3 is 41.6 Å². The lowest BCUT2D eigenvalue weighted by atomic mass is 10.2. The van der Waals surface area contributed by atoms with Gasteiger partial charge in [0.15, 0.2) is 0 Å². The van der Waals surface area contributed by atoms with E-state index >= 15 is 0 Å². The molecule has 0 saturated heterocycles. The van der Waals surface area contributed by atoms with E-state index in [1.165, 1.54) is 20.8 Å². The molecule has 0 saturated carbocycles. The van der Waals surface area contributed by atoms with Crippen molar-refractivity contribution in [2.45, 2.75) is 38.9 Å². The Morgan fingerprint density at radius 1 is 0.730 bits per heavy atom. The summed E-state index contributed by atoms with van der Waals surface area (Å²) in [5, 5.41) is 14.1. The maximum atomic E-state index is 13.1. The predicted octanol–water partition coefficient (Wildman–Crippen LogP) is -4.31. The summed E-state index contributed by atoms with van der Waals surface area (Å²) in [6.07, 6.45) is 0.408. The van der Waals surface area contributed by atoms with E-state index < -0.39 is 66.0 Å². The molecule has 0 bridgehead atoms. The fraction of sp³-hybridized carbons (Fsp3) is 0.600. The number of hydrogen-bond donors (Lipinski definition) is 8. The lowest BCUT2D eigenvalue weighted by Crippen LogP contribution is -2.59. The molecule has 0 aliphatic rings. The highest BCUT2D eigenvalue weighted by atomic mass is 32.1. The van der Waals surface area contributed by atoms with Crippen LogP contribution < -0.4 is 31.9 Å². The van der Waals surface area contributed by atoms with Gasteiger partial charge in [0.05, 0.1) is 19.8 Å². The van der Waals surface area contributed by atoms with Crippen molar-refractivity contribution in [3.63, 3.8) is 0 Å². The molecule has 37 heavy (non-hydrogen) atoms. The van der Waals surface area contributed by atoms with Crippen molar-refractivity contribution in [1.82, 2.24) is 36.8 Å². The molecule has 0 aromatic rings. The van der Waals surface area contributed by atoms with E-state index in [9.17, 15) is 38.4 Å². The van der Waals surface area contributed by atoms with Crippen LogP contribution in [-0.4, -0.2) is 108 Å². The first kappa shape index (κ1) is 33.7. The smallest absolute Gasteiger partial charge is 0.248 e. The first-order valence-corrected chi connectivity index (χ1v) is 12.2. The molecule has 3 atom stereocenters. The van der Waals surface area contributed by atoms with E-state index in [-0.39, 0.29) is 31.3 Å². The fourth-order valence-corrected chi connectivity index (χ4v) is 3.11. The summed E-state index contributed by atoms with van der Waals surface area (Å²) in [5.74, 6) is -4.60. The Labute approximate surface area is 224 Å². The minimum absolute atomic E-state index is 0.101. The van der Waals surface area contributed by atoms with Crippen LogP contribution in [0.5, 0.6) is 0 Å². The SMILES string of the molecule is CC(=O)NCC(=O)NC(CS)C(=O)NCC(=O)N[C@H](CS)C(=O)N(CNC(C)=O)[C@H](C=O)CNC(C)=O. The number of rotatable bonds is 16. The number of carbonyl (C=O) groups is 8. The summed E-state index contributed by atoms with van der Waals surface area (Å²) < 4.78 is 0. The molecule has 0 rings (SSSR count). The van der Waals surface area contributed by atoms with Crippen LogP contribution >= 0.6 is 25.3 Å². The molecule has 15 nitrogen and oxygen atoms in total. The largest absolute Gasteiger partial charge is 0.354 e. The molecule has 0 radical (unpaired) electrons. The Morgan fingerprint density at radius 2 is 1.22 bits per heavy atom. The van der Waals surface area contributed by atoms with Crippen molar-refractivity contribution >= 4 is 72.9 Å². The number of amides is 7. The topological polar surface area (TPSA) is 212 Å². The Hall–Kier alpha value is -3.34. The van der Waals surface area contributed by atoms with E-state index in [4.69, 9.17) is 0 Å². The molecule has 0 aromatic carbocycles. The van der Waals surface area contributed by atoms with Gasteiger partial charge in [0.1, 0.15) is 24.4 Å². The van der Waals surface area contributed by atoms with Crippen molar-refractivity contribution in [2.24, 2.45) is 0 Å². The summed E-state index contributed by atoms with van der Waals surface area (Å²) in [5.41, 5.74) is 0. The first-order chi connectivity index (χ1) is 17.4. The Kier molecular flexibility index (Phi) is 16.4. The highest BCUT2D eigenvalue weighted by Crippen LogP contribution is 2.03. The van der Waals surface area contributed by atoms with Crippen molar-refractivity contribution in [2.75, 3.05) is 37.8 Å². The van der Waals surface area contributed by atoms with Gasteiger partial charge in [-0.3, -0.25) is 33.6 Å². The van der Waals surface area contributed by atoms with Gasteiger partial charge in [-0.15, -0.1) is 0 Å². The van der Waals surface area contributed by atoms with E-state index in [0.29, 0.717) is 6.29 Å². The van der Waals surface area contributed by atoms with Gasteiger partial charge in [-0.1, -0.05) is 0 Å². The Morgan fingerprint density at radius 3 is 1.68 bits per heavy atom. The number of hydrogen-bond acceptors (Lipinski definition) is 10. The molecule has 7 amide bonds. The second-order valence-corrected chi connectivity index (χ2v) is 8.30. The molecule has 0 fully saturated rings. The summed E-state index contributed by atoms with van der Waals surface area (Å²) in [7, 11) is 0. The summed E-state index contributed by atoms with van der Waals surface area (Å²) in [6, 6.07) is -3.51. The van der Waals surface area contributed by atoms with Crippen LogP contribution in [0.15, 0.2) is 0 Å². The van der Waals surface area contributed by atoms with Gasteiger partial charge in [-0.2, -0.15) is 25.3 Å². The van der Waals surface area contributed by atoms with E-state index in [2.05, 4.69) is 57.2 Å². The molecular weight excluding hydrogens is 530 g/mol. The first-order valence-electron chi connectivity index (χ1n) is 10.9. The minimum atomic E-state index is -1.25. The molecule has 0 heterocycles. The second kappa shape index (κ2) is 18.0. The zero-order chi connectivity index (χ0) is 28.5. The van der Waals surface area contributed by atoms with Crippen LogP contribution in [0.1, 0.15) is 20.8 Å². The average molecular weight is 564 g/mol. The maximum absolute atomic E-state index is 13.1. The second-order valence-electron chi connectivity index (χ2n) is 7.57.